The maximum atomic E-state index is 14.1. The van der Waals surface area contributed by atoms with Gasteiger partial charge in [0.1, 0.15) is 16.9 Å². The summed E-state index contributed by atoms with van der Waals surface area (Å²) in [6.07, 6.45) is 8.60. The number of amides is 1. The summed E-state index contributed by atoms with van der Waals surface area (Å²) in [5.41, 5.74) is 2.18. The van der Waals surface area contributed by atoms with Crippen molar-refractivity contribution >= 4 is 46.5 Å². The Kier molecular flexibility index (Phi) is 5.70. The van der Waals surface area contributed by atoms with Crippen LogP contribution in [0.5, 0.6) is 0 Å². The Morgan fingerprint density at radius 1 is 1.10 bits per heavy atom. The predicted octanol–water partition coefficient (Wildman–Crippen LogP) is 6.31. The molecule has 1 aromatic carbocycles. The number of anilines is 1. The normalized spacial score (nSPS) is 25.7. The van der Waals surface area contributed by atoms with E-state index in [0.29, 0.717) is 38.4 Å². The van der Waals surface area contributed by atoms with Crippen LogP contribution in [-0.2, 0) is 4.79 Å². The van der Waals surface area contributed by atoms with Crippen molar-refractivity contribution in [3.63, 3.8) is 0 Å². The highest BCUT2D eigenvalue weighted by Gasteiger charge is 2.42. The molecule has 1 saturated heterocycles. The van der Waals surface area contributed by atoms with Gasteiger partial charge in [-0.3, -0.25) is 4.79 Å². The van der Waals surface area contributed by atoms with E-state index in [1.54, 1.807) is 16.9 Å². The highest BCUT2D eigenvalue weighted by atomic mass is 35.5. The van der Waals surface area contributed by atoms with Crippen LogP contribution in [0.1, 0.15) is 57.1 Å². The number of hydrogen-bond donors (Lipinski definition) is 1. The second kappa shape index (κ2) is 8.34. The summed E-state index contributed by atoms with van der Waals surface area (Å²) in [5, 5.41) is 9.18. The first-order valence-corrected chi connectivity index (χ1v) is 12.1. The van der Waals surface area contributed by atoms with E-state index in [-0.39, 0.29) is 5.91 Å². The van der Waals surface area contributed by atoms with Gasteiger partial charge in [-0.1, -0.05) is 59.8 Å². The van der Waals surface area contributed by atoms with Crippen molar-refractivity contribution in [2.75, 3.05) is 11.9 Å². The maximum absolute atomic E-state index is 14.1. The van der Waals surface area contributed by atoms with Crippen molar-refractivity contribution in [1.82, 2.24) is 14.7 Å². The van der Waals surface area contributed by atoms with Crippen molar-refractivity contribution in [2.45, 2.75) is 57.5 Å². The lowest BCUT2D eigenvalue weighted by molar-refractivity contribution is -0.133. The molecule has 31 heavy (non-hydrogen) atoms. The minimum absolute atomic E-state index is 0.0555. The summed E-state index contributed by atoms with van der Waals surface area (Å²) in [6, 6.07) is 5.33. The van der Waals surface area contributed by atoms with E-state index in [0.717, 1.165) is 30.6 Å². The van der Waals surface area contributed by atoms with Crippen LogP contribution in [0.2, 0.25) is 15.1 Å². The second-order valence-electron chi connectivity index (χ2n) is 8.75. The van der Waals surface area contributed by atoms with Crippen LogP contribution in [0.4, 0.5) is 5.82 Å². The number of aromatic nitrogens is 2. The number of benzene rings is 1. The van der Waals surface area contributed by atoms with Crippen LogP contribution in [-0.4, -0.2) is 33.2 Å². The first-order valence-electron chi connectivity index (χ1n) is 10.9. The van der Waals surface area contributed by atoms with Crippen LogP contribution in [0, 0.1) is 5.92 Å². The number of fused-ring (bicyclic) bond motifs is 2. The number of rotatable bonds is 2. The average Bonchev–Trinajstić information content (AvgIpc) is 3.14. The zero-order valence-electron chi connectivity index (χ0n) is 17.4. The summed E-state index contributed by atoms with van der Waals surface area (Å²) < 4.78 is 1.75. The molecule has 2 aliphatic heterocycles. The smallest absolute Gasteiger partial charge is 0.254 e. The molecule has 0 bridgehead atoms. The lowest BCUT2D eigenvalue weighted by Gasteiger charge is -2.45. The second-order valence-corrected chi connectivity index (χ2v) is 9.94. The van der Waals surface area contributed by atoms with Crippen LogP contribution >= 0.6 is 34.8 Å². The van der Waals surface area contributed by atoms with E-state index < -0.39 is 6.04 Å². The topological polar surface area (TPSA) is 50.2 Å². The van der Waals surface area contributed by atoms with Gasteiger partial charge in [0.15, 0.2) is 0 Å². The lowest BCUT2D eigenvalue weighted by atomic mass is 9.78. The fraction of sp³-hybridized carbons (Fsp3) is 0.478. The first kappa shape index (κ1) is 21.2. The van der Waals surface area contributed by atoms with Crippen molar-refractivity contribution in [3.05, 3.63) is 56.3 Å². The Hall–Kier alpha value is -1.69. The third kappa shape index (κ3) is 3.55. The van der Waals surface area contributed by atoms with Crippen molar-refractivity contribution in [1.29, 1.82) is 0 Å². The molecule has 8 heteroatoms. The number of allylic oxidation sites excluding steroid dienone is 1. The minimum atomic E-state index is -0.494. The molecular formula is C23H25Cl3N4O. The molecule has 3 unspecified atom stereocenters. The van der Waals surface area contributed by atoms with Gasteiger partial charge < -0.3 is 10.2 Å². The zero-order valence-corrected chi connectivity index (χ0v) is 19.6. The van der Waals surface area contributed by atoms with E-state index >= 15 is 0 Å². The predicted molar refractivity (Wildman–Crippen MR) is 125 cm³/mol. The van der Waals surface area contributed by atoms with Crippen LogP contribution in [0.15, 0.2) is 35.7 Å². The van der Waals surface area contributed by atoms with Gasteiger partial charge >= 0.3 is 0 Å². The fourth-order valence-corrected chi connectivity index (χ4v) is 6.14. The number of piperidine rings is 1. The molecule has 2 aromatic rings. The van der Waals surface area contributed by atoms with Gasteiger partial charge in [0.25, 0.3) is 5.91 Å². The maximum Gasteiger partial charge on any atom is 0.254 e. The molecule has 2 fully saturated rings. The van der Waals surface area contributed by atoms with Crippen LogP contribution in [0.3, 0.4) is 0 Å². The van der Waals surface area contributed by atoms with Crippen molar-refractivity contribution in [2.24, 2.45) is 5.92 Å². The first-order chi connectivity index (χ1) is 15.0. The molecule has 0 spiro atoms. The lowest BCUT2D eigenvalue weighted by Crippen LogP contribution is -2.51. The van der Waals surface area contributed by atoms with E-state index in [1.165, 1.54) is 25.7 Å². The standard InChI is InChI=1S/C23H25Cl3N4O/c1-13-19(23(31)29-11-5-7-14-6-2-3-10-18(14)29)21(15-8-4-9-16(24)20(15)26)30-22(28-13)17(25)12-27-30/h4,8-9,12,14,18,21,28H,2-3,5-7,10-11H2,1H3. The molecule has 1 saturated carbocycles. The Morgan fingerprint density at radius 3 is 2.71 bits per heavy atom. The number of halogens is 3. The summed E-state index contributed by atoms with van der Waals surface area (Å²) >= 11 is 19.4. The third-order valence-corrected chi connectivity index (χ3v) is 8.10. The SMILES string of the molecule is CC1=C(C(=O)N2CCCC3CCCCC32)C(c2cccc(Cl)c2Cl)n2ncc(Cl)c2N1. The number of nitrogens with zero attached hydrogens (tertiary/aromatic N) is 3. The van der Waals surface area contributed by atoms with Gasteiger partial charge in [0, 0.05) is 23.8 Å². The number of likely N-dealkylation sites (tertiary alicyclic amines) is 1. The van der Waals surface area contributed by atoms with Gasteiger partial charge in [-0.15, -0.1) is 0 Å². The molecule has 164 valence electrons. The minimum Gasteiger partial charge on any atom is -0.342 e. The molecule has 0 radical (unpaired) electrons. The molecule has 3 heterocycles. The third-order valence-electron chi connectivity index (χ3n) is 6.99. The highest BCUT2D eigenvalue weighted by Crippen LogP contribution is 2.44. The van der Waals surface area contributed by atoms with Gasteiger partial charge in [-0.25, -0.2) is 4.68 Å². The average molecular weight is 480 g/mol. The highest BCUT2D eigenvalue weighted by molar-refractivity contribution is 6.42. The Morgan fingerprint density at radius 2 is 1.87 bits per heavy atom. The van der Waals surface area contributed by atoms with Gasteiger partial charge in [0.2, 0.25) is 0 Å². The molecule has 3 atom stereocenters. The molecule has 1 aliphatic carbocycles. The summed E-state index contributed by atoms with van der Waals surface area (Å²) in [7, 11) is 0. The molecule has 1 N–H and O–H groups in total. The van der Waals surface area contributed by atoms with Crippen LogP contribution in [0.25, 0.3) is 0 Å². The Labute approximate surface area is 197 Å². The number of nitrogens with one attached hydrogen (secondary N) is 1. The quantitative estimate of drug-likeness (QED) is 0.549. The van der Waals surface area contributed by atoms with Crippen molar-refractivity contribution in [3.8, 4) is 0 Å². The van der Waals surface area contributed by atoms with E-state index in [9.17, 15) is 4.79 Å². The molecule has 5 rings (SSSR count). The molecule has 5 nitrogen and oxygen atoms in total. The molecule has 1 aromatic heterocycles. The number of hydrogen-bond acceptors (Lipinski definition) is 3. The van der Waals surface area contributed by atoms with Crippen LogP contribution < -0.4 is 5.32 Å². The Balaban J connectivity index is 1.61. The van der Waals surface area contributed by atoms with E-state index in [2.05, 4.69) is 15.3 Å². The zero-order chi connectivity index (χ0) is 21.7. The van der Waals surface area contributed by atoms with Gasteiger partial charge in [-0.2, -0.15) is 5.10 Å². The van der Waals surface area contributed by atoms with Gasteiger partial charge in [0.05, 0.1) is 21.8 Å². The monoisotopic (exact) mass is 478 g/mol. The summed E-state index contributed by atoms with van der Waals surface area (Å²) in [5.74, 6) is 1.32. The summed E-state index contributed by atoms with van der Waals surface area (Å²) in [4.78, 5) is 16.2. The fourth-order valence-electron chi connectivity index (χ4n) is 5.55. The molecule has 1 amide bonds. The van der Waals surface area contributed by atoms with Crippen molar-refractivity contribution < 1.29 is 4.79 Å². The Bertz CT molecular complexity index is 1060. The van der Waals surface area contributed by atoms with Gasteiger partial charge in [-0.05, 0) is 44.6 Å². The van der Waals surface area contributed by atoms with E-state index in [4.69, 9.17) is 34.8 Å². The summed E-state index contributed by atoms with van der Waals surface area (Å²) in [6.45, 7) is 2.72. The van der Waals surface area contributed by atoms with E-state index in [1.807, 2.05) is 19.1 Å². The molecule has 3 aliphatic rings. The largest absolute Gasteiger partial charge is 0.342 e. The molecular weight excluding hydrogens is 455 g/mol. The number of carbonyl (C=O) groups is 1. The number of carbonyl (C=O) groups excluding carboxylic acids is 1.